The molecule has 1 heterocycles. The number of aryl methyl sites for hydroxylation is 1. The first-order chi connectivity index (χ1) is 7.70. The van der Waals surface area contributed by atoms with Crippen molar-refractivity contribution in [1.82, 2.24) is 4.98 Å². The third kappa shape index (κ3) is 2.33. The van der Waals surface area contributed by atoms with Gasteiger partial charge in [-0.3, -0.25) is 0 Å². The Labute approximate surface area is 101 Å². The number of hydrogen-bond donors (Lipinski definition) is 0. The lowest BCUT2D eigenvalue weighted by Gasteiger charge is -2.08. The van der Waals surface area contributed by atoms with Gasteiger partial charge < -0.3 is 0 Å². The van der Waals surface area contributed by atoms with Gasteiger partial charge in [0.2, 0.25) is 0 Å². The van der Waals surface area contributed by atoms with Gasteiger partial charge in [-0.15, -0.1) is 11.3 Å². The fourth-order valence-electron chi connectivity index (χ4n) is 1.68. The summed E-state index contributed by atoms with van der Waals surface area (Å²) in [6.07, 6.45) is 1.19. The molecule has 0 saturated carbocycles. The molecular weight excluding hydrogens is 214 g/mol. The van der Waals surface area contributed by atoms with Crippen molar-refractivity contribution in [2.24, 2.45) is 0 Å². The van der Waals surface area contributed by atoms with Crippen LogP contribution in [0.3, 0.4) is 0 Å². The zero-order valence-electron chi connectivity index (χ0n) is 10.0. The lowest BCUT2D eigenvalue weighted by Crippen LogP contribution is -1.90. The molecule has 1 nitrogen and oxygen atoms in total. The summed E-state index contributed by atoms with van der Waals surface area (Å²) in [7, 11) is 0. The van der Waals surface area contributed by atoms with Crippen molar-refractivity contribution < 1.29 is 0 Å². The van der Waals surface area contributed by atoms with Gasteiger partial charge in [0.1, 0.15) is 5.01 Å². The molecule has 1 aromatic heterocycles. The third-order valence-corrected chi connectivity index (χ3v) is 3.97. The molecule has 0 N–H and O–H groups in total. The molecule has 0 bridgehead atoms. The van der Waals surface area contributed by atoms with Gasteiger partial charge in [-0.25, -0.2) is 4.98 Å². The summed E-state index contributed by atoms with van der Waals surface area (Å²) in [6.45, 7) is 6.53. The molecule has 0 spiro atoms. The molecule has 84 valence electrons. The maximum Gasteiger partial charge on any atom is 0.123 e. The Kier molecular flexibility index (Phi) is 3.39. The number of thiazole rings is 1. The summed E-state index contributed by atoms with van der Waals surface area (Å²) in [5.74, 6) is 0.645. The summed E-state index contributed by atoms with van der Waals surface area (Å²) in [5, 5.41) is 3.21. The van der Waals surface area contributed by atoms with Crippen molar-refractivity contribution in [3.8, 4) is 10.6 Å². The normalized spacial score (nSPS) is 12.7. The minimum atomic E-state index is 0.645. The highest BCUT2D eigenvalue weighted by Gasteiger charge is 2.05. The SMILES string of the molecule is CCC(C)c1ccc(-c2nc(C)cs2)cc1. The first kappa shape index (κ1) is 11.3. The van der Waals surface area contributed by atoms with Crippen LogP contribution in [0, 0.1) is 6.92 Å². The maximum atomic E-state index is 4.49. The van der Waals surface area contributed by atoms with Crippen molar-refractivity contribution in [3.63, 3.8) is 0 Å². The van der Waals surface area contributed by atoms with Crippen molar-refractivity contribution in [2.45, 2.75) is 33.1 Å². The second-order valence-electron chi connectivity index (χ2n) is 4.23. The largest absolute Gasteiger partial charge is 0.241 e. The second kappa shape index (κ2) is 4.79. The quantitative estimate of drug-likeness (QED) is 0.750. The Hall–Kier alpha value is -1.15. The molecule has 2 heteroatoms. The van der Waals surface area contributed by atoms with Crippen LogP contribution >= 0.6 is 11.3 Å². The highest BCUT2D eigenvalue weighted by molar-refractivity contribution is 7.13. The first-order valence-corrected chi connectivity index (χ1v) is 6.61. The van der Waals surface area contributed by atoms with Crippen LogP contribution < -0.4 is 0 Å². The number of hydrogen-bond acceptors (Lipinski definition) is 2. The lowest BCUT2D eigenvalue weighted by atomic mass is 9.98. The summed E-state index contributed by atoms with van der Waals surface area (Å²) in [5.41, 5.74) is 3.75. The predicted octanol–water partition coefficient (Wildman–Crippen LogP) is 4.63. The van der Waals surface area contributed by atoms with E-state index in [1.807, 2.05) is 6.92 Å². The lowest BCUT2D eigenvalue weighted by molar-refractivity contribution is 0.734. The van der Waals surface area contributed by atoms with Crippen molar-refractivity contribution in [2.75, 3.05) is 0 Å². The minimum Gasteiger partial charge on any atom is -0.241 e. The van der Waals surface area contributed by atoms with Crippen LogP contribution in [0.25, 0.3) is 10.6 Å². The van der Waals surface area contributed by atoms with Crippen molar-refractivity contribution in [3.05, 3.63) is 40.9 Å². The van der Waals surface area contributed by atoms with Crippen LogP contribution in [-0.4, -0.2) is 4.98 Å². The highest BCUT2D eigenvalue weighted by Crippen LogP contribution is 2.26. The molecule has 16 heavy (non-hydrogen) atoms. The fraction of sp³-hybridized carbons (Fsp3) is 0.357. The van der Waals surface area contributed by atoms with Crippen molar-refractivity contribution >= 4 is 11.3 Å². The molecule has 2 aromatic rings. The minimum absolute atomic E-state index is 0.645. The number of aromatic nitrogens is 1. The first-order valence-electron chi connectivity index (χ1n) is 5.73. The number of nitrogens with zero attached hydrogens (tertiary/aromatic N) is 1. The average Bonchev–Trinajstić information content (AvgIpc) is 2.75. The smallest absolute Gasteiger partial charge is 0.123 e. The molecule has 1 unspecified atom stereocenters. The summed E-state index contributed by atoms with van der Waals surface area (Å²) in [4.78, 5) is 4.49. The molecule has 2 rings (SSSR count). The molecule has 0 aliphatic carbocycles. The Morgan fingerprint density at radius 1 is 1.25 bits per heavy atom. The van der Waals surface area contributed by atoms with E-state index in [1.54, 1.807) is 11.3 Å². The van der Waals surface area contributed by atoms with Gasteiger partial charge >= 0.3 is 0 Å². The summed E-state index contributed by atoms with van der Waals surface area (Å²) < 4.78 is 0. The van der Waals surface area contributed by atoms with Crippen molar-refractivity contribution in [1.29, 1.82) is 0 Å². The van der Waals surface area contributed by atoms with Gasteiger partial charge in [0.15, 0.2) is 0 Å². The Bertz CT molecular complexity index is 456. The molecule has 1 atom stereocenters. The van der Waals surface area contributed by atoms with Crippen LogP contribution in [-0.2, 0) is 0 Å². The van der Waals surface area contributed by atoms with E-state index in [0.717, 1.165) is 10.7 Å². The van der Waals surface area contributed by atoms with Crippen LogP contribution in [0.1, 0.15) is 37.4 Å². The molecule has 1 aromatic carbocycles. The molecular formula is C14H17NS. The van der Waals surface area contributed by atoms with Crippen LogP contribution in [0.4, 0.5) is 0 Å². The molecule has 0 aliphatic rings. The van der Waals surface area contributed by atoms with E-state index < -0.39 is 0 Å². The maximum absolute atomic E-state index is 4.49. The standard InChI is InChI=1S/C14H17NS/c1-4-10(2)12-5-7-13(8-6-12)14-15-11(3)9-16-14/h5-10H,4H2,1-3H3. The van der Waals surface area contributed by atoms with E-state index >= 15 is 0 Å². The monoisotopic (exact) mass is 231 g/mol. The number of benzene rings is 1. The van der Waals surface area contributed by atoms with Gasteiger partial charge in [-0.05, 0) is 24.8 Å². The fourth-order valence-corrected chi connectivity index (χ4v) is 2.48. The Morgan fingerprint density at radius 2 is 1.94 bits per heavy atom. The highest BCUT2D eigenvalue weighted by atomic mass is 32.1. The Morgan fingerprint density at radius 3 is 2.44 bits per heavy atom. The average molecular weight is 231 g/mol. The van der Waals surface area contributed by atoms with Gasteiger partial charge in [-0.1, -0.05) is 38.1 Å². The summed E-state index contributed by atoms with van der Waals surface area (Å²) >= 11 is 1.71. The predicted molar refractivity (Wildman–Crippen MR) is 71.0 cm³/mol. The van der Waals surface area contributed by atoms with Gasteiger partial charge in [0.05, 0.1) is 0 Å². The van der Waals surface area contributed by atoms with Crippen LogP contribution in [0.5, 0.6) is 0 Å². The third-order valence-electron chi connectivity index (χ3n) is 2.96. The molecule has 0 fully saturated rings. The van der Waals surface area contributed by atoms with Gasteiger partial charge in [0, 0.05) is 16.6 Å². The van der Waals surface area contributed by atoms with E-state index in [1.165, 1.54) is 17.5 Å². The molecule has 0 radical (unpaired) electrons. The van der Waals surface area contributed by atoms with Crippen LogP contribution in [0.15, 0.2) is 29.6 Å². The van der Waals surface area contributed by atoms with E-state index in [4.69, 9.17) is 0 Å². The van der Waals surface area contributed by atoms with Gasteiger partial charge in [0.25, 0.3) is 0 Å². The Balaban J connectivity index is 2.25. The zero-order valence-corrected chi connectivity index (χ0v) is 10.8. The van der Waals surface area contributed by atoms with E-state index in [2.05, 4.69) is 48.5 Å². The van der Waals surface area contributed by atoms with E-state index in [-0.39, 0.29) is 0 Å². The zero-order chi connectivity index (χ0) is 11.5. The van der Waals surface area contributed by atoms with E-state index in [9.17, 15) is 0 Å². The summed E-state index contributed by atoms with van der Waals surface area (Å²) in [6, 6.07) is 8.81. The number of rotatable bonds is 3. The molecule has 0 amide bonds. The molecule has 0 saturated heterocycles. The van der Waals surface area contributed by atoms with E-state index in [0.29, 0.717) is 5.92 Å². The molecule has 0 aliphatic heterocycles. The second-order valence-corrected chi connectivity index (χ2v) is 5.08. The van der Waals surface area contributed by atoms with Crippen LogP contribution in [0.2, 0.25) is 0 Å². The topological polar surface area (TPSA) is 12.9 Å². The van der Waals surface area contributed by atoms with Gasteiger partial charge in [-0.2, -0.15) is 0 Å².